The van der Waals surface area contributed by atoms with Crippen LogP contribution in [0.2, 0.25) is 0 Å². The van der Waals surface area contributed by atoms with E-state index in [4.69, 9.17) is 0 Å². The molecular formula is C12H25N. The van der Waals surface area contributed by atoms with Crippen molar-refractivity contribution in [1.29, 1.82) is 0 Å². The smallest absolute Gasteiger partial charge is 0.0232 e. The fourth-order valence-electron chi connectivity index (χ4n) is 1.82. The topological polar surface area (TPSA) is 12.0 Å². The fraction of sp³-hybridized carbons (Fsp3) is 0.833. The van der Waals surface area contributed by atoms with E-state index in [0.29, 0.717) is 6.04 Å². The summed E-state index contributed by atoms with van der Waals surface area (Å²) < 4.78 is 0. The first kappa shape index (κ1) is 12.5. The van der Waals surface area contributed by atoms with E-state index in [2.05, 4.69) is 33.0 Å². The van der Waals surface area contributed by atoms with Gasteiger partial charge in [-0.05, 0) is 38.2 Å². The first-order chi connectivity index (χ1) is 6.11. The van der Waals surface area contributed by atoms with Crippen LogP contribution in [0.4, 0.5) is 0 Å². The predicted octanol–water partition coefficient (Wildman–Crippen LogP) is 3.71. The Morgan fingerprint density at radius 3 is 2.23 bits per heavy atom. The van der Waals surface area contributed by atoms with Crippen LogP contribution in [-0.2, 0) is 0 Å². The third-order valence-electron chi connectivity index (χ3n) is 2.49. The third-order valence-corrected chi connectivity index (χ3v) is 2.49. The van der Waals surface area contributed by atoms with Gasteiger partial charge in [-0.25, -0.2) is 0 Å². The van der Waals surface area contributed by atoms with Crippen molar-refractivity contribution in [2.75, 3.05) is 0 Å². The molecule has 0 aliphatic carbocycles. The van der Waals surface area contributed by atoms with E-state index in [9.17, 15) is 0 Å². The lowest BCUT2D eigenvalue weighted by molar-refractivity contribution is 0.497. The summed E-state index contributed by atoms with van der Waals surface area (Å²) in [4.78, 5) is 0. The molecule has 0 bridgehead atoms. The maximum Gasteiger partial charge on any atom is 0.0232 e. The standard InChI is InChI=1S/C10H19N.C2H6/c1-7(2)10-6-5-8(3)11-9(10)4;1-2/h7-8,11H,5-6H2,1-4H3;1-2H3. The third kappa shape index (κ3) is 3.84. The molecule has 0 aromatic carbocycles. The van der Waals surface area contributed by atoms with Gasteiger partial charge in [-0.15, -0.1) is 0 Å². The molecule has 0 aromatic heterocycles. The molecule has 1 N–H and O–H groups in total. The van der Waals surface area contributed by atoms with Gasteiger partial charge in [0.1, 0.15) is 0 Å². The highest BCUT2D eigenvalue weighted by atomic mass is 14.9. The zero-order valence-electron chi connectivity index (χ0n) is 10.1. The maximum absolute atomic E-state index is 3.49. The van der Waals surface area contributed by atoms with E-state index >= 15 is 0 Å². The molecule has 1 unspecified atom stereocenters. The average Bonchev–Trinajstić information content (AvgIpc) is 2.07. The number of hydrogen-bond donors (Lipinski definition) is 1. The monoisotopic (exact) mass is 183 g/mol. The van der Waals surface area contributed by atoms with Crippen LogP contribution >= 0.6 is 0 Å². The second-order valence-corrected chi connectivity index (χ2v) is 3.89. The summed E-state index contributed by atoms with van der Waals surface area (Å²) in [6, 6.07) is 0.678. The summed E-state index contributed by atoms with van der Waals surface area (Å²) in [5.74, 6) is 0.718. The summed E-state index contributed by atoms with van der Waals surface area (Å²) in [6.45, 7) is 13.0. The van der Waals surface area contributed by atoms with E-state index in [1.165, 1.54) is 18.5 Å². The van der Waals surface area contributed by atoms with Gasteiger partial charge in [0.05, 0.1) is 0 Å². The van der Waals surface area contributed by atoms with Crippen molar-refractivity contribution in [3.8, 4) is 0 Å². The molecule has 78 valence electrons. The van der Waals surface area contributed by atoms with Crippen molar-refractivity contribution in [1.82, 2.24) is 5.32 Å². The van der Waals surface area contributed by atoms with E-state index in [1.807, 2.05) is 13.8 Å². The molecule has 0 fully saturated rings. The Morgan fingerprint density at radius 1 is 1.31 bits per heavy atom. The van der Waals surface area contributed by atoms with Gasteiger partial charge in [-0.1, -0.05) is 27.7 Å². The Kier molecular flexibility index (Phi) is 5.85. The van der Waals surface area contributed by atoms with Crippen molar-refractivity contribution in [3.05, 3.63) is 11.3 Å². The number of hydrogen-bond acceptors (Lipinski definition) is 1. The highest BCUT2D eigenvalue weighted by Crippen LogP contribution is 2.24. The molecule has 1 atom stereocenters. The molecule has 0 saturated carbocycles. The van der Waals surface area contributed by atoms with Gasteiger partial charge in [0.2, 0.25) is 0 Å². The van der Waals surface area contributed by atoms with Gasteiger partial charge in [0.15, 0.2) is 0 Å². The van der Waals surface area contributed by atoms with Crippen LogP contribution in [-0.4, -0.2) is 6.04 Å². The molecule has 1 heteroatoms. The minimum absolute atomic E-state index is 0.678. The van der Waals surface area contributed by atoms with Crippen LogP contribution in [0.15, 0.2) is 11.3 Å². The maximum atomic E-state index is 3.49. The molecule has 13 heavy (non-hydrogen) atoms. The van der Waals surface area contributed by atoms with Crippen LogP contribution < -0.4 is 5.32 Å². The lowest BCUT2D eigenvalue weighted by atomic mass is 9.91. The van der Waals surface area contributed by atoms with Crippen LogP contribution in [0.3, 0.4) is 0 Å². The Morgan fingerprint density at radius 2 is 1.85 bits per heavy atom. The van der Waals surface area contributed by atoms with E-state index < -0.39 is 0 Å². The summed E-state index contributed by atoms with van der Waals surface area (Å²) >= 11 is 0. The predicted molar refractivity (Wildman–Crippen MR) is 60.7 cm³/mol. The minimum atomic E-state index is 0.678. The molecule has 1 rings (SSSR count). The molecule has 1 aliphatic heterocycles. The molecule has 0 radical (unpaired) electrons. The van der Waals surface area contributed by atoms with Crippen LogP contribution in [0.1, 0.15) is 54.4 Å². The highest BCUT2D eigenvalue weighted by Gasteiger charge is 2.15. The van der Waals surface area contributed by atoms with Crippen LogP contribution in [0.25, 0.3) is 0 Å². The van der Waals surface area contributed by atoms with Gasteiger partial charge in [0.25, 0.3) is 0 Å². The summed E-state index contributed by atoms with van der Waals surface area (Å²) in [5, 5.41) is 3.49. The molecule has 1 heterocycles. The van der Waals surface area contributed by atoms with Gasteiger partial charge >= 0.3 is 0 Å². The Labute approximate surface area is 83.6 Å². The molecule has 0 amide bonds. The van der Waals surface area contributed by atoms with Crippen molar-refractivity contribution in [3.63, 3.8) is 0 Å². The van der Waals surface area contributed by atoms with E-state index in [0.717, 1.165) is 5.92 Å². The molecular weight excluding hydrogens is 158 g/mol. The molecule has 0 aromatic rings. The molecule has 1 nitrogen and oxygen atoms in total. The Bertz CT molecular complexity index is 168. The number of allylic oxidation sites excluding steroid dienone is 2. The minimum Gasteiger partial charge on any atom is -0.386 e. The largest absolute Gasteiger partial charge is 0.386 e. The molecule has 1 aliphatic rings. The average molecular weight is 183 g/mol. The zero-order chi connectivity index (χ0) is 10.4. The normalized spacial score (nSPS) is 22.2. The summed E-state index contributed by atoms with van der Waals surface area (Å²) in [5.41, 5.74) is 3.03. The lowest BCUT2D eigenvalue weighted by Gasteiger charge is -2.27. The first-order valence-electron chi connectivity index (χ1n) is 5.57. The Balaban J connectivity index is 0.000000671. The van der Waals surface area contributed by atoms with Crippen LogP contribution in [0.5, 0.6) is 0 Å². The summed E-state index contributed by atoms with van der Waals surface area (Å²) in [6.07, 6.45) is 2.59. The zero-order valence-corrected chi connectivity index (χ0v) is 10.1. The lowest BCUT2D eigenvalue weighted by Crippen LogP contribution is -2.30. The van der Waals surface area contributed by atoms with Gasteiger partial charge in [-0.3, -0.25) is 0 Å². The van der Waals surface area contributed by atoms with Crippen molar-refractivity contribution in [2.24, 2.45) is 5.92 Å². The van der Waals surface area contributed by atoms with Gasteiger partial charge in [0, 0.05) is 11.7 Å². The molecule has 0 spiro atoms. The van der Waals surface area contributed by atoms with Gasteiger partial charge in [-0.2, -0.15) is 0 Å². The van der Waals surface area contributed by atoms with E-state index in [-0.39, 0.29) is 0 Å². The fourth-order valence-corrected chi connectivity index (χ4v) is 1.82. The van der Waals surface area contributed by atoms with Crippen molar-refractivity contribution < 1.29 is 0 Å². The SMILES string of the molecule is CC.CC1=C(C(C)C)CCC(C)N1. The molecule has 0 saturated heterocycles. The van der Waals surface area contributed by atoms with Gasteiger partial charge < -0.3 is 5.32 Å². The highest BCUT2D eigenvalue weighted by molar-refractivity contribution is 5.16. The second-order valence-electron chi connectivity index (χ2n) is 3.89. The number of rotatable bonds is 1. The van der Waals surface area contributed by atoms with Crippen molar-refractivity contribution in [2.45, 2.75) is 60.4 Å². The first-order valence-corrected chi connectivity index (χ1v) is 5.57. The second kappa shape index (κ2) is 6.06. The quantitative estimate of drug-likeness (QED) is 0.653. The summed E-state index contributed by atoms with van der Waals surface area (Å²) in [7, 11) is 0. The van der Waals surface area contributed by atoms with Crippen LogP contribution in [0, 0.1) is 5.92 Å². The van der Waals surface area contributed by atoms with E-state index in [1.54, 1.807) is 5.57 Å². The Hall–Kier alpha value is -0.460. The van der Waals surface area contributed by atoms with Crippen molar-refractivity contribution >= 4 is 0 Å². The number of nitrogens with one attached hydrogen (secondary N) is 1.